The molecular formula is C12H24N2O. The van der Waals surface area contributed by atoms with E-state index in [1.165, 1.54) is 19.5 Å². The van der Waals surface area contributed by atoms with Gasteiger partial charge in [0.05, 0.1) is 13.2 Å². The van der Waals surface area contributed by atoms with Crippen molar-refractivity contribution in [2.24, 2.45) is 5.41 Å². The highest BCUT2D eigenvalue weighted by Crippen LogP contribution is 2.37. The summed E-state index contributed by atoms with van der Waals surface area (Å²) in [6, 6.07) is 0. The molecule has 0 bridgehead atoms. The largest absolute Gasteiger partial charge is 0.380 e. The summed E-state index contributed by atoms with van der Waals surface area (Å²) in [6.45, 7) is 13.6. The zero-order valence-electron chi connectivity index (χ0n) is 10.3. The summed E-state index contributed by atoms with van der Waals surface area (Å²) >= 11 is 0. The Morgan fingerprint density at radius 3 is 2.33 bits per heavy atom. The molecule has 2 fully saturated rings. The highest BCUT2D eigenvalue weighted by molar-refractivity contribution is 4.93. The first-order chi connectivity index (χ1) is 7.02. The number of piperazine rings is 1. The Balaban J connectivity index is 1.92. The number of nitrogens with zero attached hydrogens (tertiary/aromatic N) is 1. The molecule has 15 heavy (non-hydrogen) atoms. The molecule has 0 amide bonds. The molecule has 0 aromatic heterocycles. The second-order valence-electron chi connectivity index (χ2n) is 6.03. The summed E-state index contributed by atoms with van der Waals surface area (Å²) in [5.41, 5.74) is 0.745. The van der Waals surface area contributed by atoms with E-state index >= 15 is 0 Å². The summed E-state index contributed by atoms with van der Waals surface area (Å²) in [4.78, 5) is 2.62. The molecular weight excluding hydrogens is 188 g/mol. The quantitative estimate of drug-likeness (QED) is 0.758. The molecule has 0 aromatic carbocycles. The monoisotopic (exact) mass is 212 g/mol. The predicted molar refractivity (Wildman–Crippen MR) is 62.1 cm³/mol. The standard InChI is InChI=1S/C12H24N2O/c1-11(2,8-12(3)9-15-10-12)14-6-4-13-5-7-14/h13H,4-10H2,1-3H3. The maximum atomic E-state index is 5.34. The molecule has 3 heteroatoms. The highest BCUT2D eigenvalue weighted by atomic mass is 16.5. The first-order valence-corrected chi connectivity index (χ1v) is 6.05. The van der Waals surface area contributed by atoms with Gasteiger partial charge >= 0.3 is 0 Å². The molecule has 1 N–H and O–H groups in total. The second-order valence-corrected chi connectivity index (χ2v) is 6.03. The molecule has 3 nitrogen and oxygen atoms in total. The van der Waals surface area contributed by atoms with Gasteiger partial charge in [-0.25, -0.2) is 0 Å². The molecule has 0 atom stereocenters. The summed E-state index contributed by atoms with van der Waals surface area (Å²) in [6.07, 6.45) is 1.25. The van der Waals surface area contributed by atoms with E-state index in [9.17, 15) is 0 Å². The zero-order chi connectivity index (χ0) is 10.9. The molecule has 2 rings (SSSR count). The van der Waals surface area contributed by atoms with Crippen molar-refractivity contribution < 1.29 is 4.74 Å². The topological polar surface area (TPSA) is 24.5 Å². The summed E-state index contributed by atoms with van der Waals surface area (Å²) in [7, 11) is 0. The van der Waals surface area contributed by atoms with Crippen LogP contribution in [0.3, 0.4) is 0 Å². The first kappa shape index (κ1) is 11.4. The van der Waals surface area contributed by atoms with Crippen molar-refractivity contribution >= 4 is 0 Å². The number of rotatable bonds is 3. The molecule has 0 saturated carbocycles. The summed E-state index contributed by atoms with van der Waals surface area (Å²) in [5, 5.41) is 3.41. The van der Waals surface area contributed by atoms with Gasteiger partial charge in [-0.3, -0.25) is 4.90 Å². The minimum atomic E-state index is 0.320. The van der Waals surface area contributed by atoms with Crippen molar-refractivity contribution in [3.05, 3.63) is 0 Å². The van der Waals surface area contributed by atoms with Crippen LogP contribution in [-0.4, -0.2) is 49.8 Å². The number of ether oxygens (including phenoxy) is 1. The van der Waals surface area contributed by atoms with Gasteiger partial charge in [0.15, 0.2) is 0 Å². The molecule has 0 unspecified atom stereocenters. The lowest BCUT2D eigenvalue weighted by Crippen LogP contribution is -2.57. The van der Waals surface area contributed by atoms with Crippen molar-refractivity contribution in [1.82, 2.24) is 10.2 Å². The van der Waals surface area contributed by atoms with Crippen molar-refractivity contribution in [3.63, 3.8) is 0 Å². The predicted octanol–water partition coefficient (Wildman–Crippen LogP) is 1.10. The average Bonchev–Trinajstić information content (AvgIpc) is 2.16. The van der Waals surface area contributed by atoms with Gasteiger partial charge < -0.3 is 10.1 Å². The van der Waals surface area contributed by atoms with Gasteiger partial charge in [0.25, 0.3) is 0 Å². The summed E-state index contributed by atoms with van der Waals surface area (Å²) < 4.78 is 5.34. The van der Waals surface area contributed by atoms with Crippen LogP contribution in [0.4, 0.5) is 0 Å². The minimum Gasteiger partial charge on any atom is -0.380 e. The van der Waals surface area contributed by atoms with Gasteiger partial charge in [0, 0.05) is 37.1 Å². The Morgan fingerprint density at radius 1 is 1.27 bits per heavy atom. The Morgan fingerprint density at radius 2 is 1.87 bits per heavy atom. The first-order valence-electron chi connectivity index (χ1n) is 6.05. The number of hydrogen-bond acceptors (Lipinski definition) is 3. The van der Waals surface area contributed by atoms with Crippen LogP contribution in [0.25, 0.3) is 0 Å². The minimum absolute atomic E-state index is 0.320. The van der Waals surface area contributed by atoms with Gasteiger partial charge in [-0.05, 0) is 20.3 Å². The van der Waals surface area contributed by atoms with Gasteiger partial charge in [0.1, 0.15) is 0 Å². The summed E-state index contributed by atoms with van der Waals surface area (Å²) in [5.74, 6) is 0. The molecule has 2 aliphatic rings. The molecule has 88 valence electrons. The Labute approximate surface area is 93.2 Å². The SMILES string of the molecule is CC1(CC(C)(C)N2CCNCC2)COC1. The molecule has 0 spiro atoms. The van der Waals surface area contributed by atoms with E-state index in [1.807, 2.05) is 0 Å². The van der Waals surface area contributed by atoms with Crippen LogP contribution < -0.4 is 5.32 Å². The van der Waals surface area contributed by atoms with Crippen molar-refractivity contribution in [1.29, 1.82) is 0 Å². The van der Waals surface area contributed by atoms with Crippen LogP contribution in [0.1, 0.15) is 27.2 Å². The van der Waals surface area contributed by atoms with Gasteiger partial charge in [0.2, 0.25) is 0 Å². The third-order valence-corrected chi connectivity index (χ3v) is 3.73. The van der Waals surface area contributed by atoms with E-state index in [1.54, 1.807) is 0 Å². The molecule has 2 aliphatic heterocycles. The van der Waals surface area contributed by atoms with Crippen LogP contribution in [0.5, 0.6) is 0 Å². The lowest BCUT2D eigenvalue weighted by Gasteiger charge is -2.49. The van der Waals surface area contributed by atoms with Crippen LogP contribution in [0.15, 0.2) is 0 Å². The average molecular weight is 212 g/mol. The fourth-order valence-electron chi connectivity index (χ4n) is 2.98. The number of nitrogens with one attached hydrogen (secondary N) is 1. The third kappa shape index (κ3) is 2.52. The van der Waals surface area contributed by atoms with Gasteiger partial charge in [-0.1, -0.05) is 6.92 Å². The van der Waals surface area contributed by atoms with Gasteiger partial charge in [-0.15, -0.1) is 0 Å². The van der Waals surface area contributed by atoms with E-state index in [4.69, 9.17) is 4.74 Å². The van der Waals surface area contributed by atoms with E-state index in [0.717, 1.165) is 26.3 Å². The molecule has 0 aromatic rings. The van der Waals surface area contributed by atoms with Crippen LogP contribution in [0.2, 0.25) is 0 Å². The van der Waals surface area contributed by atoms with Crippen molar-refractivity contribution in [3.8, 4) is 0 Å². The molecule has 0 radical (unpaired) electrons. The third-order valence-electron chi connectivity index (χ3n) is 3.73. The zero-order valence-corrected chi connectivity index (χ0v) is 10.3. The van der Waals surface area contributed by atoms with E-state index in [-0.39, 0.29) is 0 Å². The molecule has 0 aliphatic carbocycles. The van der Waals surface area contributed by atoms with Gasteiger partial charge in [-0.2, -0.15) is 0 Å². The smallest absolute Gasteiger partial charge is 0.0542 e. The molecule has 2 heterocycles. The van der Waals surface area contributed by atoms with Crippen molar-refractivity contribution in [2.45, 2.75) is 32.7 Å². The fraction of sp³-hybridized carbons (Fsp3) is 1.00. The normalized spacial score (nSPS) is 27.4. The fourth-order valence-corrected chi connectivity index (χ4v) is 2.98. The van der Waals surface area contributed by atoms with Crippen LogP contribution >= 0.6 is 0 Å². The Bertz CT molecular complexity index is 218. The van der Waals surface area contributed by atoms with Crippen molar-refractivity contribution in [2.75, 3.05) is 39.4 Å². The Hall–Kier alpha value is -0.120. The van der Waals surface area contributed by atoms with Crippen LogP contribution in [-0.2, 0) is 4.74 Å². The lowest BCUT2D eigenvalue weighted by molar-refractivity contribution is -0.126. The van der Waals surface area contributed by atoms with E-state index in [0.29, 0.717) is 11.0 Å². The van der Waals surface area contributed by atoms with E-state index < -0.39 is 0 Å². The van der Waals surface area contributed by atoms with Crippen LogP contribution in [0, 0.1) is 5.41 Å². The molecule has 2 saturated heterocycles. The lowest BCUT2D eigenvalue weighted by atomic mass is 9.76. The van der Waals surface area contributed by atoms with E-state index in [2.05, 4.69) is 31.0 Å². The maximum Gasteiger partial charge on any atom is 0.0542 e. The Kier molecular flexibility index (Phi) is 3.06. The highest BCUT2D eigenvalue weighted by Gasteiger charge is 2.41. The second kappa shape index (κ2) is 4.04. The number of hydrogen-bond donors (Lipinski definition) is 1. The maximum absolute atomic E-state index is 5.34.